The Morgan fingerprint density at radius 2 is 1.27 bits per heavy atom. The number of hydrogen-bond acceptors (Lipinski definition) is 15. The van der Waals surface area contributed by atoms with E-state index in [-0.39, 0.29) is 65.1 Å². The average molecular weight is 1160 g/mol. The summed E-state index contributed by atoms with van der Waals surface area (Å²) >= 11 is 25.1. The van der Waals surface area contributed by atoms with Crippen LogP contribution in [0.5, 0.6) is 5.88 Å². The molecule has 0 spiro atoms. The number of ketones is 1. The van der Waals surface area contributed by atoms with Crippen molar-refractivity contribution >= 4 is 99.3 Å². The lowest BCUT2D eigenvalue weighted by atomic mass is 9.97. The number of nitrogens with one attached hydrogen (secondary N) is 4. The quantitative estimate of drug-likeness (QED) is 0.0447. The number of aromatic nitrogens is 8. The van der Waals surface area contributed by atoms with Gasteiger partial charge in [0.15, 0.2) is 11.7 Å². The van der Waals surface area contributed by atoms with Crippen molar-refractivity contribution in [3.8, 4) is 5.88 Å². The first-order valence-corrected chi connectivity index (χ1v) is 27.6. The highest BCUT2D eigenvalue weighted by Gasteiger charge is 2.40. The summed E-state index contributed by atoms with van der Waals surface area (Å²) in [5.41, 5.74) is 21.5. The summed E-state index contributed by atoms with van der Waals surface area (Å²) in [5, 5.41) is 7.31. The number of likely N-dealkylation sites (tertiary alicyclic amines) is 2. The molecular weight excluding hydrogens is 1090 g/mol. The molecule has 3 amide bonds. The lowest BCUT2D eigenvalue weighted by molar-refractivity contribution is -0.117. The van der Waals surface area contributed by atoms with Crippen molar-refractivity contribution in [1.29, 1.82) is 0 Å². The van der Waals surface area contributed by atoms with E-state index in [1.54, 1.807) is 31.6 Å². The van der Waals surface area contributed by atoms with Gasteiger partial charge in [-0.3, -0.25) is 34.0 Å². The Bertz CT molecular complexity index is 3330. The molecule has 24 heteroatoms. The number of nitrogen functional groups attached to an aromatic ring is 2. The van der Waals surface area contributed by atoms with Gasteiger partial charge in [-0.1, -0.05) is 46.4 Å². The van der Waals surface area contributed by atoms with Crippen molar-refractivity contribution in [1.82, 2.24) is 60.3 Å². The van der Waals surface area contributed by atoms with Crippen LogP contribution < -0.4 is 31.7 Å². The van der Waals surface area contributed by atoms with Gasteiger partial charge in [0.1, 0.15) is 16.1 Å². The first kappa shape index (κ1) is 58.5. The van der Waals surface area contributed by atoms with Crippen LogP contribution >= 0.6 is 46.4 Å². The number of ether oxygens (including phenoxy) is 1. The number of halogens is 4. The molecule has 0 aromatic carbocycles. The standard InChI is InChI=1S/C28H31Cl2N7O2.C14H23N3O2.C13H11Cl2N5O/c1-14-10-19(29)21(33-13-14)12-18-24-23(26(30)36-28(31)35-24)17(25(18)38)11-20-15(2)22(16(3)34-20)27(39)32-6-9-37-7-4-5-8-37;1-10-12(11(2)16-14(10)19-3)13(18)15-6-9-17-7-4-5-8-17;1-6-2-8(14)9(17-4-6)5-20-10(21)3-7-11(15)18-13(16)19-12(7)20/h10-11,13,18,34H,4-9,12H2,1-3H3,(H,32,39)(H2,31,35,36);16H,4-9H2,1-3H3,(H,15,18);2,4H,3,5H2,1H3,(H2,16,18,19)/b17-11-;;. The van der Waals surface area contributed by atoms with E-state index in [4.69, 9.17) is 62.6 Å². The fourth-order valence-corrected chi connectivity index (χ4v) is 11.4. The van der Waals surface area contributed by atoms with Crippen LogP contribution in [0.3, 0.4) is 0 Å². The number of pyridine rings is 2. The van der Waals surface area contributed by atoms with Gasteiger partial charge in [-0.15, -0.1) is 0 Å². The summed E-state index contributed by atoms with van der Waals surface area (Å²) in [6.07, 6.45) is 10.5. The highest BCUT2D eigenvalue weighted by molar-refractivity contribution is 6.39. The number of amides is 3. The van der Waals surface area contributed by atoms with Crippen LogP contribution in [0.25, 0.3) is 11.6 Å². The van der Waals surface area contributed by atoms with Gasteiger partial charge >= 0.3 is 0 Å². The number of hydrogen-bond donors (Lipinski definition) is 6. The van der Waals surface area contributed by atoms with Gasteiger partial charge in [-0.25, -0.2) is 15.0 Å². The Labute approximate surface area is 478 Å². The van der Waals surface area contributed by atoms with Gasteiger partial charge in [0.25, 0.3) is 11.8 Å². The van der Waals surface area contributed by atoms with Crippen molar-refractivity contribution in [3.05, 3.63) is 124 Å². The van der Waals surface area contributed by atoms with Crippen LogP contribution in [-0.2, 0) is 29.0 Å². The minimum atomic E-state index is -0.675. The molecule has 4 aliphatic rings. The molecule has 0 saturated carbocycles. The lowest BCUT2D eigenvalue weighted by Gasteiger charge is -2.17. The van der Waals surface area contributed by atoms with Crippen molar-refractivity contribution < 1.29 is 23.9 Å². The number of rotatable bonds is 14. The molecule has 0 radical (unpaired) electrons. The van der Waals surface area contributed by atoms with Crippen LogP contribution in [0.15, 0.2) is 24.5 Å². The van der Waals surface area contributed by atoms with Crippen LogP contribution in [-0.4, -0.2) is 133 Å². The van der Waals surface area contributed by atoms with Gasteiger partial charge in [0.05, 0.1) is 64.2 Å². The molecule has 79 heavy (non-hydrogen) atoms. The Morgan fingerprint density at radius 1 is 0.734 bits per heavy atom. The van der Waals surface area contributed by atoms with E-state index in [0.29, 0.717) is 85.4 Å². The monoisotopic (exact) mass is 1160 g/mol. The third-order valence-electron chi connectivity index (χ3n) is 14.4. The van der Waals surface area contributed by atoms with Crippen LogP contribution in [0.1, 0.15) is 120 Å². The van der Waals surface area contributed by atoms with Crippen molar-refractivity contribution in [3.63, 3.8) is 0 Å². The maximum absolute atomic E-state index is 13.8. The molecule has 10 rings (SSSR count). The number of carbonyl (C=O) groups is 4. The number of H-pyrrole nitrogens is 2. The molecule has 2 saturated heterocycles. The van der Waals surface area contributed by atoms with Crippen LogP contribution in [0.2, 0.25) is 20.4 Å². The number of Topliss-reactive ketones (excluding diaryl/α,β-unsaturated/α-hetero) is 1. The minimum absolute atomic E-state index is 0.0134. The highest BCUT2D eigenvalue weighted by atomic mass is 35.5. The summed E-state index contributed by atoms with van der Waals surface area (Å²) in [6.45, 7) is 19.0. The van der Waals surface area contributed by atoms with E-state index in [1.807, 2.05) is 47.6 Å². The second-order valence-corrected chi connectivity index (χ2v) is 21.6. The third-order valence-corrected chi connectivity index (χ3v) is 15.6. The smallest absolute Gasteiger partial charge is 0.253 e. The zero-order valence-electron chi connectivity index (χ0n) is 45.3. The molecule has 1 unspecified atom stereocenters. The maximum atomic E-state index is 13.8. The van der Waals surface area contributed by atoms with Gasteiger partial charge in [-0.05, 0) is 128 Å². The van der Waals surface area contributed by atoms with Crippen LogP contribution in [0, 0.1) is 41.5 Å². The van der Waals surface area contributed by atoms with Crippen molar-refractivity contribution in [2.45, 2.75) is 92.5 Å². The molecule has 1 aliphatic carbocycles. The molecule has 418 valence electrons. The number of nitrogens with two attached hydrogens (primary N) is 2. The van der Waals surface area contributed by atoms with Gasteiger partial charge < -0.3 is 46.6 Å². The molecule has 2 fully saturated rings. The highest BCUT2D eigenvalue weighted by Crippen LogP contribution is 2.44. The molecule has 0 bridgehead atoms. The zero-order valence-corrected chi connectivity index (χ0v) is 48.3. The Balaban J connectivity index is 0.000000172. The van der Waals surface area contributed by atoms with Gasteiger partial charge in [0.2, 0.25) is 17.8 Å². The summed E-state index contributed by atoms with van der Waals surface area (Å²) in [4.78, 5) is 89.0. The van der Waals surface area contributed by atoms with Gasteiger partial charge in [-0.2, -0.15) is 4.98 Å². The number of fused-ring (bicyclic) bond motifs is 2. The fraction of sp³-hybridized carbons (Fsp3) is 0.418. The normalized spacial score (nSPS) is 16.4. The molecule has 20 nitrogen and oxygen atoms in total. The fourth-order valence-electron chi connectivity index (χ4n) is 10.3. The average Bonchev–Trinajstić information content (AvgIpc) is 4.46. The Hall–Kier alpha value is -6.68. The number of allylic oxidation sites excluding steroid dienone is 1. The molecule has 6 aromatic heterocycles. The van der Waals surface area contributed by atoms with E-state index in [0.717, 1.165) is 72.9 Å². The number of aryl methyl sites for hydroxylation is 4. The Morgan fingerprint density at radius 3 is 1.82 bits per heavy atom. The summed E-state index contributed by atoms with van der Waals surface area (Å²) in [7, 11) is 1.60. The number of methoxy groups -OCH3 is 1. The number of anilines is 3. The molecule has 6 aromatic rings. The van der Waals surface area contributed by atoms with E-state index >= 15 is 0 Å². The van der Waals surface area contributed by atoms with E-state index in [2.05, 4.69) is 60.3 Å². The number of nitrogens with zero attached hydrogens (tertiary/aromatic N) is 9. The second kappa shape index (κ2) is 25.6. The van der Waals surface area contributed by atoms with E-state index < -0.39 is 5.92 Å². The lowest BCUT2D eigenvalue weighted by Crippen LogP contribution is -2.33. The first-order chi connectivity index (χ1) is 37.7. The topological polar surface area (TPSA) is 272 Å². The molecule has 8 N–H and O–H groups in total. The number of aromatic amines is 2. The molecule has 9 heterocycles. The van der Waals surface area contributed by atoms with Gasteiger partial charge in [0, 0.05) is 84.3 Å². The minimum Gasteiger partial charge on any atom is -0.482 e. The summed E-state index contributed by atoms with van der Waals surface area (Å²) in [5.74, 6) is -0.0468. The molecule has 1 atom stereocenters. The summed E-state index contributed by atoms with van der Waals surface area (Å²) in [6, 6.07) is 3.61. The third kappa shape index (κ3) is 13.5. The zero-order chi connectivity index (χ0) is 56.8. The Kier molecular flexibility index (Phi) is 19.0. The summed E-state index contributed by atoms with van der Waals surface area (Å²) < 4.78 is 5.20. The van der Waals surface area contributed by atoms with Crippen molar-refractivity contribution in [2.24, 2.45) is 0 Å². The first-order valence-electron chi connectivity index (χ1n) is 26.1. The number of carbonyl (C=O) groups excluding carboxylic acids is 4. The largest absolute Gasteiger partial charge is 0.482 e. The van der Waals surface area contributed by atoms with Crippen LogP contribution in [0.4, 0.5) is 17.7 Å². The SMILES string of the molecule is COc1[nH]c(C)c(C(=O)NCCN2CCCC2)c1C.Cc1cnc(CC2C(=O)/C(=C\c3[nH]c(C)c(C(=O)NCCN4CCCC4)c3C)c3c(Cl)nc(N)nc32)c(Cl)c1.Cc1cnc(CN2C(=O)Cc3c(Cl)nc(N)nc32)c(Cl)c1. The molecule has 3 aliphatic heterocycles. The van der Waals surface area contributed by atoms with E-state index in [1.165, 1.54) is 30.6 Å². The molecular formula is C55H65Cl4N15O5. The maximum Gasteiger partial charge on any atom is 0.253 e. The van der Waals surface area contributed by atoms with E-state index in [9.17, 15) is 19.2 Å². The predicted molar refractivity (Wildman–Crippen MR) is 308 cm³/mol. The predicted octanol–water partition coefficient (Wildman–Crippen LogP) is 7.91. The second-order valence-electron chi connectivity index (χ2n) is 20.1. The van der Waals surface area contributed by atoms with Crippen molar-refractivity contribution in [2.75, 3.05) is 75.8 Å².